The SMILES string of the molecule is Nc1nc(COC(=O)c2ccc(O)cc2)nc2sc3c(c12)CCCC3. The first kappa shape index (κ1) is 15.8. The van der Waals surface area contributed by atoms with Gasteiger partial charge in [-0.05, 0) is 55.5 Å². The lowest BCUT2D eigenvalue weighted by atomic mass is 9.97. The Bertz CT molecular complexity index is 950. The molecule has 0 bridgehead atoms. The van der Waals surface area contributed by atoms with Crippen molar-refractivity contribution in [2.24, 2.45) is 0 Å². The minimum Gasteiger partial charge on any atom is -0.508 e. The maximum atomic E-state index is 12.0. The fourth-order valence-corrected chi connectivity index (χ4v) is 4.39. The van der Waals surface area contributed by atoms with Crippen molar-refractivity contribution in [3.63, 3.8) is 0 Å². The number of ether oxygens (including phenoxy) is 1. The van der Waals surface area contributed by atoms with Crippen molar-refractivity contribution in [3.05, 3.63) is 46.1 Å². The molecule has 0 saturated carbocycles. The second-order valence-corrected chi connectivity index (χ2v) is 7.12. The van der Waals surface area contributed by atoms with Crippen LogP contribution in [0.25, 0.3) is 10.2 Å². The number of aryl methyl sites for hydroxylation is 2. The number of esters is 1. The summed E-state index contributed by atoms with van der Waals surface area (Å²) in [5, 5.41) is 10.2. The second-order valence-electron chi connectivity index (χ2n) is 6.04. The van der Waals surface area contributed by atoms with Gasteiger partial charge in [0.05, 0.1) is 10.9 Å². The van der Waals surface area contributed by atoms with Crippen LogP contribution in [0, 0.1) is 0 Å². The Labute approximate surface area is 148 Å². The number of hydrogen-bond acceptors (Lipinski definition) is 7. The summed E-state index contributed by atoms with van der Waals surface area (Å²) in [5.41, 5.74) is 7.79. The number of benzene rings is 1. The van der Waals surface area contributed by atoms with Gasteiger partial charge in [0.1, 0.15) is 16.4 Å². The Morgan fingerprint density at radius 3 is 2.76 bits per heavy atom. The number of thiophene rings is 1. The lowest BCUT2D eigenvalue weighted by molar-refractivity contribution is 0.0463. The van der Waals surface area contributed by atoms with Gasteiger partial charge < -0.3 is 15.6 Å². The third-order valence-corrected chi connectivity index (χ3v) is 5.51. The van der Waals surface area contributed by atoms with Crippen molar-refractivity contribution in [2.75, 3.05) is 5.73 Å². The summed E-state index contributed by atoms with van der Waals surface area (Å²) in [4.78, 5) is 23.1. The molecule has 0 unspecified atom stereocenters. The van der Waals surface area contributed by atoms with E-state index < -0.39 is 5.97 Å². The molecule has 0 atom stereocenters. The third kappa shape index (κ3) is 3.02. The molecule has 0 amide bonds. The summed E-state index contributed by atoms with van der Waals surface area (Å²) < 4.78 is 5.26. The van der Waals surface area contributed by atoms with Crippen LogP contribution in [0.1, 0.15) is 39.5 Å². The van der Waals surface area contributed by atoms with Crippen LogP contribution in [0.4, 0.5) is 5.82 Å². The van der Waals surface area contributed by atoms with Gasteiger partial charge in [-0.15, -0.1) is 11.3 Å². The minimum absolute atomic E-state index is 0.0393. The van der Waals surface area contributed by atoms with Crippen LogP contribution in [-0.4, -0.2) is 21.0 Å². The molecule has 2 aromatic heterocycles. The van der Waals surface area contributed by atoms with Crippen LogP contribution >= 0.6 is 11.3 Å². The van der Waals surface area contributed by atoms with Gasteiger partial charge in [0, 0.05) is 4.88 Å². The number of fused-ring (bicyclic) bond motifs is 3. The quantitative estimate of drug-likeness (QED) is 0.700. The van der Waals surface area contributed by atoms with Crippen molar-refractivity contribution >= 4 is 33.3 Å². The van der Waals surface area contributed by atoms with E-state index in [2.05, 4.69) is 9.97 Å². The van der Waals surface area contributed by atoms with Crippen LogP contribution in [-0.2, 0) is 24.2 Å². The first-order valence-electron chi connectivity index (χ1n) is 8.14. The predicted octanol–water partition coefficient (Wildman–Crippen LogP) is 3.21. The van der Waals surface area contributed by atoms with Crippen LogP contribution < -0.4 is 5.73 Å². The fraction of sp³-hybridized carbons (Fsp3) is 0.278. The number of anilines is 1. The summed E-state index contributed by atoms with van der Waals surface area (Å²) in [6.07, 6.45) is 4.47. The monoisotopic (exact) mass is 355 g/mol. The Morgan fingerprint density at radius 2 is 1.96 bits per heavy atom. The van der Waals surface area contributed by atoms with Crippen LogP contribution in [0.3, 0.4) is 0 Å². The molecule has 3 N–H and O–H groups in total. The molecule has 3 aromatic rings. The van der Waals surface area contributed by atoms with Gasteiger partial charge in [0.2, 0.25) is 0 Å². The van der Waals surface area contributed by atoms with Gasteiger partial charge in [0.25, 0.3) is 0 Å². The van der Waals surface area contributed by atoms with E-state index in [1.807, 2.05) is 0 Å². The molecule has 7 heteroatoms. The highest BCUT2D eigenvalue weighted by atomic mass is 32.1. The lowest BCUT2D eigenvalue weighted by Gasteiger charge is -2.10. The summed E-state index contributed by atoms with van der Waals surface area (Å²) in [7, 11) is 0. The zero-order chi connectivity index (χ0) is 17.4. The molecule has 6 nitrogen and oxygen atoms in total. The molecule has 1 aromatic carbocycles. The number of carbonyl (C=O) groups excluding carboxylic acids is 1. The van der Waals surface area contributed by atoms with Crippen LogP contribution in [0.15, 0.2) is 24.3 Å². The first-order chi connectivity index (χ1) is 12.1. The van der Waals surface area contributed by atoms with Gasteiger partial charge in [-0.2, -0.15) is 0 Å². The Morgan fingerprint density at radius 1 is 1.20 bits per heavy atom. The average Bonchev–Trinajstić information content (AvgIpc) is 2.99. The molecular weight excluding hydrogens is 338 g/mol. The highest BCUT2D eigenvalue weighted by molar-refractivity contribution is 7.19. The van der Waals surface area contributed by atoms with E-state index in [4.69, 9.17) is 10.5 Å². The molecule has 0 aliphatic heterocycles. The summed E-state index contributed by atoms with van der Waals surface area (Å²) in [5.74, 6) is 0.461. The Balaban J connectivity index is 1.55. The number of aromatic hydroxyl groups is 1. The summed E-state index contributed by atoms with van der Waals surface area (Å²) >= 11 is 1.66. The van der Waals surface area contributed by atoms with Crippen molar-refractivity contribution < 1.29 is 14.6 Å². The molecule has 0 fully saturated rings. The van der Waals surface area contributed by atoms with E-state index in [1.165, 1.54) is 47.5 Å². The van der Waals surface area contributed by atoms with Crippen LogP contribution in [0.5, 0.6) is 5.75 Å². The molecular formula is C18H17N3O3S. The fourth-order valence-electron chi connectivity index (χ4n) is 3.11. The summed E-state index contributed by atoms with van der Waals surface area (Å²) in [6, 6.07) is 5.88. The van der Waals surface area contributed by atoms with Gasteiger partial charge in [-0.1, -0.05) is 0 Å². The van der Waals surface area contributed by atoms with E-state index in [1.54, 1.807) is 11.3 Å². The molecule has 4 rings (SSSR count). The van der Waals surface area contributed by atoms with Gasteiger partial charge in [-0.25, -0.2) is 14.8 Å². The first-order valence-corrected chi connectivity index (χ1v) is 8.96. The number of rotatable bonds is 3. The van der Waals surface area contributed by atoms with E-state index >= 15 is 0 Å². The van der Waals surface area contributed by atoms with Gasteiger partial charge in [0.15, 0.2) is 12.4 Å². The predicted molar refractivity (Wildman–Crippen MR) is 95.7 cm³/mol. The molecule has 0 radical (unpaired) electrons. The highest BCUT2D eigenvalue weighted by Gasteiger charge is 2.20. The number of nitrogens with zero attached hydrogens (tertiary/aromatic N) is 2. The van der Waals surface area contributed by atoms with Gasteiger partial charge in [-0.3, -0.25) is 0 Å². The maximum Gasteiger partial charge on any atom is 0.338 e. The van der Waals surface area contributed by atoms with E-state index in [9.17, 15) is 9.90 Å². The standard InChI is InChI=1S/C18H17N3O3S/c19-16-15-12-3-1-2-4-13(12)25-17(15)21-14(20-16)9-24-18(23)10-5-7-11(22)8-6-10/h5-8,22H,1-4,9H2,(H2,19,20,21). The molecule has 0 spiro atoms. The number of carbonyl (C=O) groups is 1. The number of phenols is 1. The number of hydrogen-bond donors (Lipinski definition) is 2. The smallest absolute Gasteiger partial charge is 0.338 e. The number of nitrogen functional groups attached to an aromatic ring is 1. The second kappa shape index (κ2) is 6.33. The third-order valence-electron chi connectivity index (χ3n) is 4.32. The Hall–Kier alpha value is -2.67. The maximum absolute atomic E-state index is 12.0. The number of nitrogens with two attached hydrogens (primary N) is 1. The average molecular weight is 355 g/mol. The molecule has 1 aliphatic carbocycles. The zero-order valence-electron chi connectivity index (χ0n) is 13.5. The Kier molecular flexibility index (Phi) is 4.01. The van der Waals surface area contributed by atoms with Crippen molar-refractivity contribution in [1.29, 1.82) is 0 Å². The number of aromatic nitrogens is 2. The van der Waals surface area contributed by atoms with Crippen molar-refractivity contribution in [2.45, 2.75) is 32.3 Å². The molecule has 1 aliphatic rings. The normalized spacial score (nSPS) is 13.6. The molecule has 128 valence electrons. The van der Waals surface area contributed by atoms with Crippen molar-refractivity contribution in [1.82, 2.24) is 9.97 Å². The molecule has 25 heavy (non-hydrogen) atoms. The summed E-state index contributed by atoms with van der Waals surface area (Å²) in [6.45, 7) is -0.0393. The van der Waals surface area contributed by atoms with E-state index in [0.717, 1.165) is 23.1 Å². The lowest BCUT2D eigenvalue weighted by Crippen LogP contribution is -2.08. The minimum atomic E-state index is -0.493. The largest absolute Gasteiger partial charge is 0.508 e. The number of phenolic OH excluding ortho intramolecular Hbond substituents is 1. The molecule has 2 heterocycles. The molecule has 0 saturated heterocycles. The van der Waals surface area contributed by atoms with Crippen molar-refractivity contribution in [3.8, 4) is 5.75 Å². The van der Waals surface area contributed by atoms with Crippen LogP contribution in [0.2, 0.25) is 0 Å². The topological polar surface area (TPSA) is 98.3 Å². The van der Waals surface area contributed by atoms with E-state index in [0.29, 0.717) is 17.2 Å². The highest BCUT2D eigenvalue weighted by Crippen LogP contribution is 2.37. The zero-order valence-corrected chi connectivity index (χ0v) is 14.3. The van der Waals surface area contributed by atoms with E-state index in [-0.39, 0.29) is 12.4 Å². The van der Waals surface area contributed by atoms with Gasteiger partial charge >= 0.3 is 5.97 Å².